The van der Waals surface area contributed by atoms with Gasteiger partial charge in [0.05, 0.1) is 18.1 Å². The predicted molar refractivity (Wildman–Crippen MR) is 103 cm³/mol. The maximum absolute atomic E-state index is 12.9. The number of likely N-dealkylation sites (tertiary alicyclic amines) is 1. The van der Waals surface area contributed by atoms with Gasteiger partial charge in [0.1, 0.15) is 5.52 Å². The molecular formula is C21H21N3O4. The monoisotopic (exact) mass is 379 g/mol. The van der Waals surface area contributed by atoms with Crippen molar-refractivity contribution < 1.29 is 18.7 Å². The highest BCUT2D eigenvalue weighted by molar-refractivity contribution is 5.97. The molecule has 28 heavy (non-hydrogen) atoms. The molecule has 0 saturated carbocycles. The number of rotatable bonds is 4. The number of esters is 1. The summed E-state index contributed by atoms with van der Waals surface area (Å²) < 4.78 is 10.9. The number of carbonyl (C=O) groups excluding carboxylic acids is 2. The zero-order valence-corrected chi connectivity index (χ0v) is 15.6. The second-order valence-electron chi connectivity index (χ2n) is 6.76. The Bertz CT molecular complexity index is 991. The summed E-state index contributed by atoms with van der Waals surface area (Å²) in [4.78, 5) is 35.0. The van der Waals surface area contributed by atoms with E-state index in [2.05, 4.69) is 9.97 Å². The first-order valence-electron chi connectivity index (χ1n) is 9.42. The van der Waals surface area contributed by atoms with E-state index in [9.17, 15) is 9.59 Å². The Labute approximate surface area is 162 Å². The molecule has 1 aliphatic rings. The van der Waals surface area contributed by atoms with Crippen molar-refractivity contribution in [2.45, 2.75) is 19.8 Å². The summed E-state index contributed by atoms with van der Waals surface area (Å²) in [5.74, 6) is 0.120. The van der Waals surface area contributed by atoms with Crippen LogP contribution in [-0.4, -0.2) is 46.4 Å². The zero-order valence-electron chi connectivity index (χ0n) is 15.6. The van der Waals surface area contributed by atoms with Crippen LogP contribution in [0.2, 0.25) is 0 Å². The Hall–Kier alpha value is -3.22. The van der Waals surface area contributed by atoms with Crippen LogP contribution < -0.4 is 0 Å². The number of carbonyl (C=O) groups is 2. The molecule has 0 unspecified atom stereocenters. The molecule has 1 fully saturated rings. The summed E-state index contributed by atoms with van der Waals surface area (Å²) in [6.07, 6.45) is 4.62. The zero-order chi connectivity index (χ0) is 19.5. The lowest BCUT2D eigenvalue weighted by Gasteiger charge is -2.30. The van der Waals surface area contributed by atoms with Crippen LogP contribution in [0.5, 0.6) is 0 Å². The van der Waals surface area contributed by atoms with Crippen LogP contribution in [-0.2, 0) is 9.53 Å². The van der Waals surface area contributed by atoms with E-state index in [0.29, 0.717) is 55.1 Å². The van der Waals surface area contributed by atoms with Gasteiger partial charge in [-0.05, 0) is 50.1 Å². The van der Waals surface area contributed by atoms with Crippen molar-refractivity contribution in [3.8, 4) is 11.5 Å². The third-order valence-corrected chi connectivity index (χ3v) is 4.95. The molecule has 0 atom stereocenters. The van der Waals surface area contributed by atoms with E-state index in [4.69, 9.17) is 9.15 Å². The van der Waals surface area contributed by atoms with Crippen LogP contribution >= 0.6 is 0 Å². The van der Waals surface area contributed by atoms with Gasteiger partial charge in [0.25, 0.3) is 5.91 Å². The largest absolute Gasteiger partial charge is 0.466 e. The molecule has 3 heterocycles. The van der Waals surface area contributed by atoms with E-state index in [1.807, 2.05) is 12.1 Å². The Morgan fingerprint density at radius 1 is 1.25 bits per heavy atom. The molecule has 2 aromatic heterocycles. The van der Waals surface area contributed by atoms with Crippen LogP contribution in [0.25, 0.3) is 22.6 Å². The van der Waals surface area contributed by atoms with Crippen molar-refractivity contribution in [1.29, 1.82) is 0 Å². The smallest absolute Gasteiger partial charge is 0.309 e. The van der Waals surface area contributed by atoms with Gasteiger partial charge in [0.2, 0.25) is 5.89 Å². The highest BCUT2D eigenvalue weighted by atomic mass is 16.5. The average molecular weight is 379 g/mol. The molecular weight excluding hydrogens is 358 g/mol. The van der Waals surface area contributed by atoms with E-state index in [1.165, 1.54) is 0 Å². The number of ether oxygens (including phenoxy) is 1. The number of hydrogen-bond donors (Lipinski definition) is 0. The van der Waals surface area contributed by atoms with Gasteiger partial charge in [-0.2, -0.15) is 0 Å². The summed E-state index contributed by atoms with van der Waals surface area (Å²) in [7, 11) is 0. The number of piperidine rings is 1. The molecule has 0 N–H and O–H groups in total. The predicted octanol–water partition coefficient (Wildman–Crippen LogP) is 3.31. The summed E-state index contributed by atoms with van der Waals surface area (Å²) in [5, 5.41) is 0. The second-order valence-corrected chi connectivity index (χ2v) is 6.76. The van der Waals surface area contributed by atoms with Gasteiger partial charge in [-0.1, -0.05) is 0 Å². The summed E-state index contributed by atoms with van der Waals surface area (Å²) in [6, 6.07) is 8.97. The molecule has 144 valence electrons. The lowest BCUT2D eigenvalue weighted by atomic mass is 9.96. The SMILES string of the molecule is CCOC(=O)C1CCN(C(=O)c2ccc3nc(-c4cccnc4)oc3c2)CC1. The van der Waals surface area contributed by atoms with Crippen LogP contribution in [0.1, 0.15) is 30.1 Å². The summed E-state index contributed by atoms with van der Waals surface area (Å²) >= 11 is 0. The van der Waals surface area contributed by atoms with Crippen molar-refractivity contribution >= 4 is 23.0 Å². The van der Waals surface area contributed by atoms with E-state index < -0.39 is 0 Å². The molecule has 0 radical (unpaired) electrons. The van der Waals surface area contributed by atoms with Crippen molar-refractivity contribution in [1.82, 2.24) is 14.9 Å². The fourth-order valence-corrected chi connectivity index (χ4v) is 3.43. The first-order chi connectivity index (χ1) is 13.7. The fourth-order valence-electron chi connectivity index (χ4n) is 3.43. The van der Waals surface area contributed by atoms with Crippen molar-refractivity contribution in [2.75, 3.05) is 19.7 Å². The first kappa shape index (κ1) is 18.2. The van der Waals surface area contributed by atoms with Crippen LogP contribution in [0.3, 0.4) is 0 Å². The first-order valence-corrected chi connectivity index (χ1v) is 9.42. The maximum Gasteiger partial charge on any atom is 0.309 e. The number of amides is 1. The third kappa shape index (κ3) is 3.60. The van der Waals surface area contributed by atoms with Gasteiger partial charge in [-0.15, -0.1) is 0 Å². The number of hydrogen-bond acceptors (Lipinski definition) is 6. The molecule has 3 aromatic rings. The molecule has 0 spiro atoms. The lowest BCUT2D eigenvalue weighted by Crippen LogP contribution is -2.40. The Morgan fingerprint density at radius 3 is 2.79 bits per heavy atom. The minimum absolute atomic E-state index is 0.0662. The molecule has 1 aromatic carbocycles. The number of aromatic nitrogens is 2. The number of benzene rings is 1. The van der Waals surface area contributed by atoms with Crippen LogP contribution in [0, 0.1) is 5.92 Å². The fraction of sp³-hybridized carbons (Fsp3) is 0.333. The van der Waals surface area contributed by atoms with Crippen molar-refractivity contribution in [2.24, 2.45) is 5.92 Å². The van der Waals surface area contributed by atoms with Gasteiger partial charge in [-0.25, -0.2) is 4.98 Å². The minimum Gasteiger partial charge on any atom is -0.466 e. The Balaban J connectivity index is 1.48. The van der Waals surface area contributed by atoms with Gasteiger partial charge in [0, 0.05) is 31.0 Å². The van der Waals surface area contributed by atoms with Gasteiger partial charge in [-0.3, -0.25) is 14.6 Å². The highest BCUT2D eigenvalue weighted by Crippen LogP contribution is 2.26. The molecule has 1 aliphatic heterocycles. The lowest BCUT2D eigenvalue weighted by molar-refractivity contribution is -0.149. The summed E-state index contributed by atoms with van der Waals surface area (Å²) in [6.45, 7) is 3.27. The van der Waals surface area contributed by atoms with Crippen molar-refractivity contribution in [3.05, 3.63) is 48.3 Å². The quantitative estimate of drug-likeness (QED) is 0.647. The van der Waals surface area contributed by atoms with E-state index in [-0.39, 0.29) is 17.8 Å². The molecule has 0 aliphatic carbocycles. The summed E-state index contributed by atoms with van der Waals surface area (Å²) in [5.41, 5.74) is 2.59. The number of fused-ring (bicyclic) bond motifs is 1. The molecule has 1 amide bonds. The highest BCUT2D eigenvalue weighted by Gasteiger charge is 2.28. The molecule has 0 bridgehead atoms. The number of nitrogens with zero attached hydrogens (tertiary/aromatic N) is 3. The topological polar surface area (TPSA) is 85.5 Å². The second kappa shape index (κ2) is 7.80. The van der Waals surface area contributed by atoms with Gasteiger partial charge >= 0.3 is 5.97 Å². The standard InChI is InChI=1S/C21H21N3O4/c1-2-27-21(26)14-7-10-24(11-8-14)20(25)15-5-6-17-18(12-15)28-19(23-17)16-4-3-9-22-13-16/h3-6,9,12-14H,2,7-8,10-11H2,1H3. The van der Waals surface area contributed by atoms with Gasteiger partial charge < -0.3 is 14.1 Å². The van der Waals surface area contributed by atoms with Crippen LogP contribution in [0.4, 0.5) is 0 Å². The number of pyridine rings is 1. The Kier molecular flexibility index (Phi) is 5.06. The van der Waals surface area contributed by atoms with E-state index >= 15 is 0 Å². The third-order valence-electron chi connectivity index (χ3n) is 4.95. The Morgan fingerprint density at radius 2 is 2.07 bits per heavy atom. The van der Waals surface area contributed by atoms with Crippen molar-refractivity contribution in [3.63, 3.8) is 0 Å². The molecule has 4 rings (SSSR count). The molecule has 7 heteroatoms. The maximum atomic E-state index is 12.9. The number of oxazole rings is 1. The molecule has 7 nitrogen and oxygen atoms in total. The van der Waals surface area contributed by atoms with Gasteiger partial charge in [0.15, 0.2) is 5.58 Å². The average Bonchev–Trinajstić information content (AvgIpc) is 3.17. The van der Waals surface area contributed by atoms with E-state index in [1.54, 1.807) is 42.4 Å². The van der Waals surface area contributed by atoms with E-state index in [0.717, 1.165) is 5.56 Å². The minimum atomic E-state index is -0.166. The van der Waals surface area contributed by atoms with Crippen LogP contribution in [0.15, 0.2) is 47.1 Å². The molecule has 1 saturated heterocycles. The normalized spacial score (nSPS) is 15.0.